The summed E-state index contributed by atoms with van der Waals surface area (Å²) in [5, 5.41) is 21.9. The monoisotopic (exact) mass is 831 g/mol. The fourth-order valence-corrected chi connectivity index (χ4v) is 8.27. The summed E-state index contributed by atoms with van der Waals surface area (Å²) in [6.07, 6.45) is 0. The molecule has 0 amide bonds. The first-order chi connectivity index (χ1) is 32.1. The molecule has 0 radical (unpaired) electrons. The summed E-state index contributed by atoms with van der Waals surface area (Å²) >= 11 is 0. The van der Waals surface area contributed by atoms with Crippen LogP contribution >= 0.6 is 0 Å². The van der Waals surface area contributed by atoms with Crippen molar-refractivity contribution in [2.24, 2.45) is 0 Å². The maximum absolute atomic E-state index is 10.2. The lowest BCUT2D eigenvalue weighted by Gasteiger charge is -2.17. The maximum atomic E-state index is 10.2. The van der Waals surface area contributed by atoms with Gasteiger partial charge in [0, 0.05) is 44.2 Å². The van der Waals surface area contributed by atoms with Crippen LogP contribution in [0.2, 0.25) is 0 Å². The first kappa shape index (κ1) is 38.5. The quantitative estimate of drug-likeness (QED) is 0.148. The Labute approximate surface area is 374 Å². The van der Waals surface area contributed by atoms with Gasteiger partial charge in [-0.25, -0.2) is 29.9 Å². The van der Waals surface area contributed by atoms with E-state index in [0.29, 0.717) is 51.6 Å². The number of fused-ring (bicyclic) bond motifs is 3. The first-order valence-electron chi connectivity index (χ1n) is 21.0. The molecule has 0 fully saturated rings. The van der Waals surface area contributed by atoms with Crippen molar-refractivity contribution in [3.05, 3.63) is 211 Å². The van der Waals surface area contributed by atoms with Crippen molar-refractivity contribution in [3.63, 3.8) is 0 Å². The summed E-state index contributed by atoms with van der Waals surface area (Å²) in [6.45, 7) is 0. The molecule has 0 N–H and O–H groups in total. The second-order valence-electron chi connectivity index (χ2n) is 15.4. The van der Waals surface area contributed by atoms with E-state index < -0.39 is 0 Å². The highest BCUT2D eigenvalue weighted by Gasteiger charge is 2.22. The van der Waals surface area contributed by atoms with E-state index in [9.17, 15) is 10.5 Å². The van der Waals surface area contributed by atoms with E-state index in [1.54, 1.807) is 12.1 Å². The number of para-hydroxylation sites is 1. The van der Waals surface area contributed by atoms with Crippen molar-refractivity contribution >= 4 is 21.8 Å². The van der Waals surface area contributed by atoms with E-state index in [-0.39, 0.29) is 0 Å². The molecule has 302 valence electrons. The Bertz CT molecular complexity index is 3550. The minimum Gasteiger partial charge on any atom is -0.308 e. The third-order valence-corrected chi connectivity index (χ3v) is 11.4. The molecular weight excluding hydrogens is 799 g/mol. The van der Waals surface area contributed by atoms with Crippen molar-refractivity contribution in [1.29, 1.82) is 10.5 Å². The summed E-state index contributed by atoms with van der Waals surface area (Å²) in [4.78, 5) is 30.7. The molecule has 0 aliphatic heterocycles. The number of rotatable bonds is 8. The van der Waals surface area contributed by atoms with Gasteiger partial charge >= 0.3 is 0 Å². The van der Waals surface area contributed by atoms with Crippen molar-refractivity contribution < 1.29 is 0 Å². The second-order valence-corrected chi connectivity index (χ2v) is 15.4. The van der Waals surface area contributed by atoms with Gasteiger partial charge < -0.3 is 4.57 Å². The number of aromatic nitrogens is 7. The highest BCUT2D eigenvalue weighted by molar-refractivity contribution is 6.11. The average Bonchev–Trinajstić information content (AvgIpc) is 3.72. The molecule has 3 heterocycles. The summed E-state index contributed by atoms with van der Waals surface area (Å²) in [5.74, 6) is 3.09. The molecule has 0 saturated heterocycles. The Balaban J connectivity index is 1.21. The van der Waals surface area contributed by atoms with Gasteiger partial charge in [-0.15, -0.1) is 0 Å². The van der Waals surface area contributed by atoms with Crippen molar-refractivity contribution in [2.45, 2.75) is 0 Å². The highest BCUT2D eigenvalue weighted by atomic mass is 15.1. The second kappa shape index (κ2) is 16.4. The molecule has 0 unspecified atom stereocenters. The van der Waals surface area contributed by atoms with Crippen LogP contribution in [0.5, 0.6) is 0 Å². The van der Waals surface area contributed by atoms with Gasteiger partial charge in [0.05, 0.1) is 40.0 Å². The largest absolute Gasteiger partial charge is 0.308 e. The van der Waals surface area contributed by atoms with Crippen LogP contribution in [0.4, 0.5) is 0 Å². The normalized spacial score (nSPS) is 11.0. The van der Waals surface area contributed by atoms with Crippen molar-refractivity contribution in [3.8, 4) is 97.3 Å². The Morgan fingerprint density at radius 3 is 1.31 bits per heavy atom. The molecule has 0 spiro atoms. The molecule has 8 aromatic carbocycles. The standard InChI is InChI=1S/C56H33N9/c57-34-36-25-28-44(43(31-36)35-58)41-26-29-46-45-23-13-14-24-48(45)65(50(46)33-41)49-30-27-42(55-61-51(37-15-5-1-6-16-37)59-52(62-55)38-17-7-2-8-18-38)32-47(49)56-63-53(39-19-9-3-10-20-39)60-54(64-56)40-21-11-4-12-22-40/h1-33H. The topological polar surface area (TPSA) is 130 Å². The molecule has 0 aliphatic rings. The van der Waals surface area contributed by atoms with E-state index in [1.165, 1.54) is 0 Å². The lowest BCUT2D eigenvalue weighted by molar-refractivity contribution is 1.06. The summed E-state index contributed by atoms with van der Waals surface area (Å²) < 4.78 is 2.23. The predicted molar refractivity (Wildman–Crippen MR) is 255 cm³/mol. The Morgan fingerprint density at radius 2 is 0.785 bits per heavy atom. The summed E-state index contributed by atoms with van der Waals surface area (Å²) in [7, 11) is 0. The molecular formula is C56H33N9. The van der Waals surface area contributed by atoms with Crippen molar-refractivity contribution in [1.82, 2.24) is 34.5 Å². The van der Waals surface area contributed by atoms with E-state index >= 15 is 0 Å². The van der Waals surface area contributed by atoms with Gasteiger partial charge in [-0.2, -0.15) is 10.5 Å². The zero-order valence-corrected chi connectivity index (χ0v) is 34.6. The van der Waals surface area contributed by atoms with E-state index in [1.807, 2.05) is 152 Å². The fourth-order valence-electron chi connectivity index (χ4n) is 8.27. The van der Waals surface area contributed by atoms with E-state index in [0.717, 1.165) is 66.4 Å². The minimum absolute atomic E-state index is 0.422. The van der Waals surface area contributed by atoms with Gasteiger partial charge in [0.1, 0.15) is 0 Å². The maximum Gasteiger partial charge on any atom is 0.166 e. The van der Waals surface area contributed by atoms with Crippen LogP contribution in [0, 0.1) is 22.7 Å². The third-order valence-electron chi connectivity index (χ3n) is 11.4. The molecule has 11 aromatic rings. The smallest absolute Gasteiger partial charge is 0.166 e. The van der Waals surface area contributed by atoms with Gasteiger partial charge in [-0.1, -0.05) is 158 Å². The molecule has 65 heavy (non-hydrogen) atoms. The van der Waals surface area contributed by atoms with Crippen LogP contribution in [-0.4, -0.2) is 34.5 Å². The summed E-state index contributed by atoms with van der Waals surface area (Å²) in [5.41, 5.74) is 9.98. The molecule has 3 aromatic heterocycles. The number of nitriles is 2. The SMILES string of the molecule is N#Cc1ccc(-c2ccc3c4ccccc4n(-c4ccc(-c5nc(-c6ccccc6)nc(-c6ccccc6)n5)cc4-c4nc(-c5ccccc5)nc(-c5ccccc5)n4)c3c2)c(C#N)c1. The van der Waals surface area contributed by atoms with Crippen LogP contribution in [0.25, 0.3) is 107 Å². The lowest BCUT2D eigenvalue weighted by Crippen LogP contribution is -2.05. The highest BCUT2D eigenvalue weighted by Crippen LogP contribution is 2.40. The number of hydrogen-bond acceptors (Lipinski definition) is 8. The first-order valence-corrected chi connectivity index (χ1v) is 21.0. The zero-order chi connectivity index (χ0) is 43.7. The molecule has 9 heteroatoms. The summed E-state index contributed by atoms with van der Waals surface area (Å²) in [6, 6.07) is 70.1. The number of benzene rings is 8. The van der Waals surface area contributed by atoms with Crippen molar-refractivity contribution in [2.75, 3.05) is 0 Å². The Hall–Kier alpha value is -9.44. The average molecular weight is 832 g/mol. The third kappa shape index (κ3) is 7.21. The van der Waals surface area contributed by atoms with Crippen LogP contribution in [0.3, 0.4) is 0 Å². The number of nitrogens with zero attached hydrogens (tertiary/aromatic N) is 9. The van der Waals surface area contributed by atoms with Gasteiger partial charge in [-0.3, -0.25) is 0 Å². The Kier molecular flexibility index (Phi) is 9.73. The van der Waals surface area contributed by atoms with Gasteiger partial charge in [0.2, 0.25) is 0 Å². The molecule has 0 bridgehead atoms. The van der Waals surface area contributed by atoms with Crippen LogP contribution in [-0.2, 0) is 0 Å². The van der Waals surface area contributed by atoms with Crippen LogP contribution < -0.4 is 0 Å². The lowest BCUT2D eigenvalue weighted by atomic mass is 9.97. The van der Waals surface area contributed by atoms with Gasteiger partial charge in [-0.05, 0) is 53.6 Å². The zero-order valence-electron chi connectivity index (χ0n) is 34.6. The van der Waals surface area contributed by atoms with E-state index in [2.05, 4.69) is 53.1 Å². The number of hydrogen-bond donors (Lipinski definition) is 0. The molecule has 11 rings (SSSR count). The Morgan fingerprint density at radius 1 is 0.323 bits per heavy atom. The minimum atomic E-state index is 0.422. The van der Waals surface area contributed by atoms with E-state index in [4.69, 9.17) is 29.9 Å². The molecule has 9 nitrogen and oxygen atoms in total. The predicted octanol–water partition coefficient (Wildman–Crippen LogP) is 12.6. The molecule has 0 atom stereocenters. The van der Waals surface area contributed by atoms with Gasteiger partial charge in [0.15, 0.2) is 34.9 Å². The van der Waals surface area contributed by atoms with Crippen LogP contribution in [0.15, 0.2) is 200 Å². The van der Waals surface area contributed by atoms with Gasteiger partial charge in [0.25, 0.3) is 0 Å². The van der Waals surface area contributed by atoms with Crippen LogP contribution in [0.1, 0.15) is 11.1 Å². The fraction of sp³-hybridized carbons (Fsp3) is 0. The molecule has 0 aliphatic carbocycles. The molecule has 0 saturated carbocycles.